The molecule has 0 spiro atoms. The van der Waals surface area contributed by atoms with Gasteiger partial charge in [0.1, 0.15) is 0 Å². The number of likely N-dealkylation sites (tertiary alicyclic amines) is 2. The number of carbonyl (C=O) groups excluding carboxylic acids is 1. The van der Waals surface area contributed by atoms with E-state index in [4.69, 9.17) is 23.2 Å². The van der Waals surface area contributed by atoms with Crippen LogP contribution in [0.25, 0.3) is 0 Å². The number of amides is 1. The highest BCUT2D eigenvalue weighted by atomic mass is 35.5. The number of benzene rings is 2. The highest BCUT2D eigenvalue weighted by Crippen LogP contribution is 2.41. The van der Waals surface area contributed by atoms with Gasteiger partial charge < -0.3 is 14.9 Å². The van der Waals surface area contributed by atoms with Crippen molar-refractivity contribution in [1.82, 2.24) is 14.8 Å². The monoisotopic (exact) mass is 551 g/mol. The smallest absolute Gasteiger partial charge is 0.253 e. The Labute approximate surface area is 235 Å². The number of hydrogen-bond donors (Lipinski definition) is 1. The minimum Gasteiger partial charge on any atom is -0.385 e. The van der Waals surface area contributed by atoms with Crippen molar-refractivity contribution in [3.05, 3.63) is 99.8 Å². The number of aromatic nitrogens is 1. The Bertz CT molecular complexity index is 1230. The normalized spacial score (nSPS) is 21.8. The van der Waals surface area contributed by atoms with Gasteiger partial charge in [-0.15, -0.1) is 0 Å². The molecular weight excluding hydrogens is 517 g/mol. The average molecular weight is 553 g/mol. The molecule has 1 amide bonds. The zero-order chi connectivity index (χ0) is 26.6. The number of halogens is 2. The van der Waals surface area contributed by atoms with Crippen LogP contribution in [0.5, 0.6) is 0 Å². The van der Waals surface area contributed by atoms with Crippen LogP contribution < -0.4 is 0 Å². The first-order chi connectivity index (χ1) is 18.4. The number of piperidine rings is 2. The summed E-state index contributed by atoms with van der Waals surface area (Å²) in [5.41, 5.74) is 1.91. The van der Waals surface area contributed by atoms with E-state index in [0.717, 1.165) is 75.8 Å². The van der Waals surface area contributed by atoms with Crippen LogP contribution in [0.2, 0.25) is 10.0 Å². The number of hydrogen-bond acceptors (Lipinski definition) is 4. The first kappa shape index (κ1) is 27.1. The van der Waals surface area contributed by atoms with Crippen LogP contribution in [0.4, 0.5) is 0 Å². The molecule has 0 bridgehead atoms. The van der Waals surface area contributed by atoms with E-state index in [0.29, 0.717) is 22.2 Å². The van der Waals surface area contributed by atoms with Gasteiger partial charge in [0.15, 0.2) is 0 Å². The van der Waals surface area contributed by atoms with Crippen molar-refractivity contribution >= 4 is 29.1 Å². The molecule has 2 saturated heterocycles. The Morgan fingerprint density at radius 3 is 2.34 bits per heavy atom. The first-order valence-corrected chi connectivity index (χ1v) is 14.3. The first-order valence-electron chi connectivity index (χ1n) is 13.5. The largest absolute Gasteiger partial charge is 0.385 e. The Balaban J connectivity index is 1.28. The maximum Gasteiger partial charge on any atom is 0.253 e. The van der Waals surface area contributed by atoms with Gasteiger partial charge in [0, 0.05) is 49.6 Å². The zero-order valence-electron chi connectivity index (χ0n) is 21.7. The van der Waals surface area contributed by atoms with Gasteiger partial charge in [-0.25, -0.2) is 0 Å². The summed E-state index contributed by atoms with van der Waals surface area (Å²) in [5, 5.41) is 12.3. The van der Waals surface area contributed by atoms with Gasteiger partial charge in [-0.1, -0.05) is 59.6 Å². The lowest BCUT2D eigenvalue weighted by Gasteiger charge is -2.44. The summed E-state index contributed by atoms with van der Waals surface area (Å²) in [6, 6.07) is 19.5. The van der Waals surface area contributed by atoms with E-state index in [1.165, 1.54) is 0 Å². The Morgan fingerprint density at radius 2 is 1.63 bits per heavy atom. The highest BCUT2D eigenvalue weighted by molar-refractivity contribution is 6.42. The molecule has 38 heavy (non-hydrogen) atoms. The van der Waals surface area contributed by atoms with Crippen LogP contribution >= 0.6 is 23.2 Å². The van der Waals surface area contributed by atoms with E-state index in [1.54, 1.807) is 24.5 Å². The standard InChI is InChI=1S/C31H35Cl2N3O2/c32-27-9-8-26(22-28(27)33)30(13-5-19-36(23-30)29(37)24-10-16-34-17-11-24)12-4-18-35-20-14-31(38,15-21-35)25-6-2-1-3-7-25/h1-3,6-11,16-17,22,38H,4-5,12-15,18-21,23H2/t30-/m1/s1. The second kappa shape index (κ2) is 11.7. The summed E-state index contributed by atoms with van der Waals surface area (Å²) in [6.07, 6.45) is 8.70. The van der Waals surface area contributed by atoms with Crippen LogP contribution in [0.15, 0.2) is 73.1 Å². The van der Waals surface area contributed by atoms with Crippen molar-refractivity contribution < 1.29 is 9.90 Å². The second-order valence-electron chi connectivity index (χ2n) is 10.8. The van der Waals surface area contributed by atoms with Gasteiger partial charge in [0.05, 0.1) is 15.6 Å². The van der Waals surface area contributed by atoms with Crippen LogP contribution in [0.1, 0.15) is 60.0 Å². The summed E-state index contributed by atoms with van der Waals surface area (Å²) >= 11 is 12.7. The summed E-state index contributed by atoms with van der Waals surface area (Å²) in [5.74, 6) is 0.0489. The fourth-order valence-corrected chi connectivity index (χ4v) is 6.51. The van der Waals surface area contributed by atoms with Gasteiger partial charge in [0.25, 0.3) is 5.91 Å². The van der Waals surface area contributed by atoms with Gasteiger partial charge in [-0.3, -0.25) is 9.78 Å². The fourth-order valence-electron chi connectivity index (χ4n) is 6.22. The molecule has 1 N–H and O–H groups in total. The van der Waals surface area contributed by atoms with E-state index in [9.17, 15) is 9.90 Å². The molecular formula is C31H35Cl2N3O2. The minimum absolute atomic E-state index is 0.0489. The molecule has 0 aliphatic carbocycles. The third-order valence-electron chi connectivity index (χ3n) is 8.45. The molecule has 200 valence electrons. The third-order valence-corrected chi connectivity index (χ3v) is 9.19. The summed E-state index contributed by atoms with van der Waals surface area (Å²) in [6.45, 7) is 4.11. The van der Waals surface area contributed by atoms with E-state index < -0.39 is 5.60 Å². The zero-order valence-corrected chi connectivity index (χ0v) is 23.2. The summed E-state index contributed by atoms with van der Waals surface area (Å²) in [4.78, 5) is 21.9. The average Bonchev–Trinajstić information content (AvgIpc) is 2.96. The number of pyridine rings is 1. The van der Waals surface area contributed by atoms with Crippen molar-refractivity contribution in [2.45, 2.75) is 49.5 Å². The van der Waals surface area contributed by atoms with E-state index in [2.05, 4.69) is 16.0 Å². The molecule has 2 aliphatic heterocycles. The number of rotatable bonds is 7. The van der Waals surface area contributed by atoms with Crippen LogP contribution in [-0.4, -0.2) is 58.5 Å². The molecule has 0 unspecified atom stereocenters. The lowest BCUT2D eigenvalue weighted by atomic mass is 9.71. The number of nitrogens with zero attached hydrogens (tertiary/aromatic N) is 3. The fraction of sp³-hybridized carbons (Fsp3) is 0.419. The van der Waals surface area contributed by atoms with Gasteiger partial charge in [0.2, 0.25) is 0 Å². The van der Waals surface area contributed by atoms with E-state index >= 15 is 0 Å². The topological polar surface area (TPSA) is 56.7 Å². The van der Waals surface area contributed by atoms with Crippen molar-refractivity contribution in [2.75, 3.05) is 32.7 Å². The van der Waals surface area contributed by atoms with Gasteiger partial charge >= 0.3 is 0 Å². The number of aliphatic hydroxyl groups is 1. The van der Waals surface area contributed by atoms with Crippen molar-refractivity contribution in [3.8, 4) is 0 Å². The van der Waals surface area contributed by atoms with Crippen molar-refractivity contribution in [3.63, 3.8) is 0 Å². The molecule has 2 aromatic carbocycles. The number of carbonyl (C=O) groups is 1. The molecule has 5 nitrogen and oxygen atoms in total. The maximum absolute atomic E-state index is 13.4. The third kappa shape index (κ3) is 5.91. The van der Waals surface area contributed by atoms with Crippen LogP contribution in [0.3, 0.4) is 0 Å². The molecule has 7 heteroatoms. The lowest BCUT2D eigenvalue weighted by molar-refractivity contribution is -0.0265. The predicted octanol–water partition coefficient (Wildman–Crippen LogP) is 6.33. The second-order valence-corrected chi connectivity index (χ2v) is 11.6. The SMILES string of the molecule is O=C(c1ccncc1)N1CCC[C@@](CCCN2CCC(O)(c3ccccc3)CC2)(c2ccc(Cl)c(Cl)c2)C1. The Kier molecular flexibility index (Phi) is 8.39. The molecule has 3 aromatic rings. The maximum atomic E-state index is 13.4. The lowest BCUT2D eigenvalue weighted by Crippen LogP contribution is -2.49. The van der Waals surface area contributed by atoms with Crippen LogP contribution in [-0.2, 0) is 11.0 Å². The molecule has 0 radical (unpaired) electrons. The molecule has 1 atom stereocenters. The molecule has 3 heterocycles. The van der Waals surface area contributed by atoms with Crippen molar-refractivity contribution in [2.24, 2.45) is 0 Å². The molecule has 1 aromatic heterocycles. The predicted molar refractivity (Wildman–Crippen MR) is 153 cm³/mol. The minimum atomic E-state index is -0.740. The van der Waals surface area contributed by atoms with Gasteiger partial charge in [-0.2, -0.15) is 0 Å². The molecule has 5 rings (SSSR count). The van der Waals surface area contributed by atoms with E-state index in [-0.39, 0.29) is 11.3 Å². The van der Waals surface area contributed by atoms with E-state index in [1.807, 2.05) is 47.4 Å². The molecule has 2 fully saturated rings. The highest BCUT2D eigenvalue weighted by Gasteiger charge is 2.39. The Hall–Kier alpha value is -2.44. The van der Waals surface area contributed by atoms with Gasteiger partial charge in [-0.05, 0) is 80.5 Å². The quantitative estimate of drug-likeness (QED) is 0.373. The van der Waals surface area contributed by atoms with Crippen molar-refractivity contribution in [1.29, 1.82) is 0 Å². The Morgan fingerprint density at radius 1 is 0.895 bits per heavy atom. The van der Waals surface area contributed by atoms with Crippen LogP contribution in [0, 0.1) is 0 Å². The molecule has 2 aliphatic rings. The summed E-state index contributed by atoms with van der Waals surface area (Å²) < 4.78 is 0. The molecule has 0 saturated carbocycles. The summed E-state index contributed by atoms with van der Waals surface area (Å²) in [7, 11) is 0.